The van der Waals surface area contributed by atoms with Crippen LogP contribution in [0.5, 0.6) is 0 Å². The molecule has 3 saturated heterocycles. The van der Waals surface area contributed by atoms with Gasteiger partial charge in [-0.25, -0.2) is 0 Å². The van der Waals surface area contributed by atoms with Crippen molar-refractivity contribution in [1.82, 2.24) is 24.9 Å². The molecule has 0 aromatic rings. The highest BCUT2D eigenvalue weighted by molar-refractivity contribution is 14.0. The zero-order chi connectivity index (χ0) is 21.5. The summed E-state index contributed by atoms with van der Waals surface area (Å²) in [5, 5.41) is 3.50. The van der Waals surface area contributed by atoms with Gasteiger partial charge in [-0.2, -0.15) is 0 Å². The molecule has 0 saturated carbocycles. The van der Waals surface area contributed by atoms with Gasteiger partial charge >= 0.3 is 0 Å². The first-order valence-corrected chi connectivity index (χ1v) is 12.3. The number of aliphatic imine (C=N–C) groups is 1. The number of piperazine rings is 1. The number of nitrogens with one attached hydrogen (secondary N) is 1. The Balaban J connectivity index is 0.00000341. The van der Waals surface area contributed by atoms with E-state index in [-0.39, 0.29) is 30.0 Å². The Morgan fingerprint density at radius 2 is 1.61 bits per heavy atom. The minimum Gasteiger partial charge on any atom is -0.357 e. The van der Waals surface area contributed by atoms with Crippen LogP contribution in [0.1, 0.15) is 59.8 Å². The molecule has 7 nitrogen and oxygen atoms in total. The van der Waals surface area contributed by atoms with Crippen molar-refractivity contribution in [2.24, 2.45) is 4.99 Å². The first-order valence-electron chi connectivity index (χ1n) is 12.3. The zero-order valence-electron chi connectivity index (χ0n) is 20.2. The van der Waals surface area contributed by atoms with Crippen molar-refractivity contribution in [3.05, 3.63) is 0 Å². The summed E-state index contributed by atoms with van der Waals surface area (Å²) < 4.78 is 0. The molecule has 3 atom stereocenters. The van der Waals surface area contributed by atoms with E-state index in [1.165, 1.54) is 25.8 Å². The summed E-state index contributed by atoms with van der Waals surface area (Å²) in [6, 6.07) is 1.14. The van der Waals surface area contributed by atoms with Crippen LogP contribution in [0, 0.1) is 0 Å². The molecule has 0 radical (unpaired) electrons. The molecular weight excluding hydrogens is 503 g/mol. The summed E-state index contributed by atoms with van der Waals surface area (Å²) in [5.41, 5.74) is 0. The standard InChI is InChI=1S/C23H44N6O.HI/c1-5-24-23(25-18-20(3)29-13-7-6-10-19(29)2)28-16-14-26(15-17-28)21(4)22(30)27-11-8-9-12-27;/h19-21H,5-18H2,1-4H3,(H,24,25);1H. The summed E-state index contributed by atoms with van der Waals surface area (Å²) in [7, 11) is 0. The number of amides is 1. The molecule has 0 aromatic carbocycles. The largest absolute Gasteiger partial charge is 0.357 e. The quantitative estimate of drug-likeness (QED) is 0.314. The lowest BCUT2D eigenvalue weighted by atomic mass is 10.0. The van der Waals surface area contributed by atoms with Crippen molar-refractivity contribution in [3.63, 3.8) is 0 Å². The molecule has 8 heteroatoms. The van der Waals surface area contributed by atoms with Gasteiger partial charge in [0.25, 0.3) is 0 Å². The summed E-state index contributed by atoms with van der Waals surface area (Å²) in [5.74, 6) is 1.35. The maximum atomic E-state index is 12.7. The number of guanidine groups is 1. The van der Waals surface area contributed by atoms with E-state index < -0.39 is 0 Å². The van der Waals surface area contributed by atoms with Crippen LogP contribution in [0.25, 0.3) is 0 Å². The molecule has 3 fully saturated rings. The molecule has 0 spiro atoms. The number of halogens is 1. The number of carbonyl (C=O) groups is 1. The molecule has 31 heavy (non-hydrogen) atoms. The predicted molar refractivity (Wildman–Crippen MR) is 139 cm³/mol. The van der Waals surface area contributed by atoms with Crippen LogP contribution in [0.4, 0.5) is 0 Å². The monoisotopic (exact) mass is 548 g/mol. The van der Waals surface area contributed by atoms with Gasteiger partial charge < -0.3 is 15.1 Å². The van der Waals surface area contributed by atoms with Gasteiger partial charge in [0.05, 0.1) is 12.6 Å². The molecule has 3 aliphatic heterocycles. The van der Waals surface area contributed by atoms with E-state index in [0.29, 0.717) is 18.0 Å². The summed E-state index contributed by atoms with van der Waals surface area (Å²) >= 11 is 0. The molecule has 3 aliphatic rings. The molecular formula is C23H45IN6O. The maximum absolute atomic E-state index is 12.7. The molecule has 3 unspecified atom stereocenters. The van der Waals surface area contributed by atoms with Crippen LogP contribution in [0.3, 0.4) is 0 Å². The van der Waals surface area contributed by atoms with Gasteiger partial charge in [0.2, 0.25) is 5.91 Å². The van der Waals surface area contributed by atoms with Crippen molar-refractivity contribution in [2.75, 3.05) is 58.9 Å². The first kappa shape index (κ1) is 26.6. The Bertz CT molecular complexity index is 574. The molecule has 3 rings (SSSR count). The van der Waals surface area contributed by atoms with Crippen LogP contribution in [0.15, 0.2) is 4.99 Å². The third kappa shape index (κ3) is 7.19. The summed E-state index contributed by atoms with van der Waals surface area (Å²) in [6.45, 7) is 17.4. The fourth-order valence-electron chi connectivity index (χ4n) is 5.20. The second-order valence-corrected chi connectivity index (χ2v) is 9.36. The highest BCUT2D eigenvalue weighted by atomic mass is 127. The summed E-state index contributed by atoms with van der Waals surface area (Å²) in [6.07, 6.45) is 6.30. The average molecular weight is 549 g/mol. The van der Waals surface area contributed by atoms with Gasteiger partial charge in [-0.3, -0.25) is 19.6 Å². The van der Waals surface area contributed by atoms with Crippen LogP contribution >= 0.6 is 24.0 Å². The average Bonchev–Trinajstić information content (AvgIpc) is 3.31. The van der Waals surface area contributed by atoms with E-state index in [1.54, 1.807) is 0 Å². The van der Waals surface area contributed by atoms with Crippen LogP contribution in [-0.4, -0.2) is 108 Å². The van der Waals surface area contributed by atoms with E-state index in [9.17, 15) is 4.79 Å². The number of hydrogen-bond acceptors (Lipinski definition) is 4. The molecule has 0 bridgehead atoms. The zero-order valence-corrected chi connectivity index (χ0v) is 22.5. The molecule has 3 heterocycles. The second-order valence-electron chi connectivity index (χ2n) is 9.36. The van der Waals surface area contributed by atoms with E-state index in [4.69, 9.17) is 4.99 Å². The maximum Gasteiger partial charge on any atom is 0.239 e. The van der Waals surface area contributed by atoms with Crippen LogP contribution in [0.2, 0.25) is 0 Å². The number of nitrogens with zero attached hydrogens (tertiary/aromatic N) is 5. The second kappa shape index (κ2) is 13.2. The minimum atomic E-state index is -0.00890. The lowest BCUT2D eigenvalue weighted by Crippen LogP contribution is -2.57. The van der Waals surface area contributed by atoms with Gasteiger partial charge in [0.1, 0.15) is 0 Å². The van der Waals surface area contributed by atoms with Crippen LogP contribution < -0.4 is 5.32 Å². The summed E-state index contributed by atoms with van der Waals surface area (Å²) in [4.78, 5) is 27.2. The van der Waals surface area contributed by atoms with E-state index >= 15 is 0 Å². The highest BCUT2D eigenvalue weighted by Gasteiger charge is 2.30. The lowest BCUT2D eigenvalue weighted by Gasteiger charge is -2.40. The predicted octanol–water partition coefficient (Wildman–Crippen LogP) is 2.46. The van der Waals surface area contributed by atoms with E-state index in [1.807, 2.05) is 4.90 Å². The first-order chi connectivity index (χ1) is 14.5. The lowest BCUT2D eigenvalue weighted by molar-refractivity contribution is -0.135. The number of likely N-dealkylation sites (tertiary alicyclic amines) is 2. The molecule has 0 aliphatic carbocycles. The Labute approximate surface area is 207 Å². The number of hydrogen-bond donors (Lipinski definition) is 1. The van der Waals surface area contributed by atoms with Crippen molar-refractivity contribution >= 4 is 35.8 Å². The number of carbonyl (C=O) groups excluding carboxylic acids is 1. The number of rotatable bonds is 6. The van der Waals surface area contributed by atoms with Gasteiger partial charge in [0, 0.05) is 57.9 Å². The third-order valence-corrected chi connectivity index (χ3v) is 7.20. The molecule has 1 N–H and O–H groups in total. The minimum absolute atomic E-state index is 0. The highest BCUT2D eigenvalue weighted by Crippen LogP contribution is 2.19. The Hall–Kier alpha value is -0.610. The SMILES string of the molecule is CCNC(=NCC(C)N1CCCCC1C)N1CCN(C(C)C(=O)N2CCCC2)CC1.I. The molecule has 180 valence electrons. The van der Waals surface area contributed by atoms with Crippen molar-refractivity contribution in [2.45, 2.75) is 77.9 Å². The fraction of sp³-hybridized carbons (Fsp3) is 0.913. The fourth-order valence-corrected chi connectivity index (χ4v) is 5.20. The van der Waals surface area contributed by atoms with Gasteiger partial charge in [-0.15, -0.1) is 24.0 Å². The smallest absolute Gasteiger partial charge is 0.239 e. The van der Waals surface area contributed by atoms with Gasteiger partial charge in [0.15, 0.2) is 5.96 Å². The van der Waals surface area contributed by atoms with Gasteiger partial charge in [-0.1, -0.05) is 6.42 Å². The van der Waals surface area contributed by atoms with Gasteiger partial charge in [-0.05, 0) is 59.9 Å². The number of piperidine rings is 1. The van der Waals surface area contributed by atoms with Crippen molar-refractivity contribution < 1.29 is 4.79 Å². The molecule has 1 amide bonds. The third-order valence-electron chi connectivity index (χ3n) is 7.20. The Morgan fingerprint density at radius 3 is 2.23 bits per heavy atom. The molecule has 0 aromatic heterocycles. The van der Waals surface area contributed by atoms with Crippen molar-refractivity contribution in [3.8, 4) is 0 Å². The van der Waals surface area contributed by atoms with E-state index in [0.717, 1.165) is 71.2 Å². The van der Waals surface area contributed by atoms with Crippen molar-refractivity contribution in [1.29, 1.82) is 0 Å². The van der Waals surface area contributed by atoms with E-state index in [2.05, 4.69) is 47.7 Å². The Morgan fingerprint density at radius 1 is 0.968 bits per heavy atom. The topological polar surface area (TPSA) is 54.4 Å². The van der Waals surface area contributed by atoms with Crippen LogP contribution in [-0.2, 0) is 4.79 Å². The Kier molecular flexibility index (Phi) is 11.3. The normalized spacial score (nSPS) is 25.8.